The summed E-state index contributed by atoms with van der Waals surface area (Å²) in [5.74, 6) is -2.43. The molecule has 0 bridgehead atoms. The van der Waals surface area contributed by atoms with E-state index in [0.29, 0.717) is 31.5 Å². The van der Waals surface area contributed by atoms with Crippen LogP contribution in [0.4, 0.5) is 8.78 Å². The van der Waals surface area contributed by atoms with E-state index < -0.39 is 23.1 Å². The first-order valence-electron chi connectivity index (χ1n) is 9.95. The molecule has 2 heterocycles. The molecule has 0 spiro atoms. The molecule has 29 heavy (non-hydrogen) atoms. The average molecular weight is 399 g/mol. The van der Waals surface area contributed by atoms with Gasteiger partial charge in [0.1, 0.15) is 17.2 Å². The number of pyridine rings is 1. The first-order valence-corrected chi connectivity index (χ1v) is 9.95. The monoisotopic (exact) mass is 399 g/mol. The standard InChI is InChI=1S/C22H23F2N3O2/c1-13-5-8-16(21(28)26-15-6-7-15)20(25-13)14-9-11-27(12-10-14)22(29)19-17(23)3-2-4-18(19)24/h2-5,8,14-15H,6-7,9-12H2,1H3,(H,26,28). The van der Waals surface area contributed by atoms with Crippen LogP contribution < -0.4 is 5.32 Å². The number of nitrogens with one attached hydrogen (secondary N) is 1. The second kappa shape index (κ2) is 7.89. The number of amides is 2. The average Bonchev–Trinajstić information content (AvgIpc) is 3.51. The maximum atomic E-state index is 14.0. The van der Waals surface area contributed by atoms with Crippen LogP contribution in [-0.2, 0) is 0 Å². The fourth-order valence-electron chi connectivity index (χ4n) is 3.79. The zero-order valence-corrected chi connectivity index (χ0v) is 16.3. The Kier molecular flexibility index (Phi) is 5.30. The number of hydrogen-bond donors (Lipinski definition) is 1. The molecule has 0 unspecified atom stereocenters. The Bertz CT molecular complexity index is 931. The quantitative estimate of drug-likeness (QED) is 0.855. The van der Waals surface area contributed by atoms with Crippen molar-refractivity contribution in [1.29, 1.82) is 0 Å². The number of halogens is 2. The van der Waals surface area contributed by atoms with Crippen molar-refractivity contribution in [2.45, 2.75) is 44.6 Å². The van der Waals surface area contributed by atoms with Gasteiger partial charge in [-0.25, -0.2) is 8.78 Å². The molecular weight excluding hydrogens is 376 g/mol. The first kappa shape index (κ1) is 19.5. The van der Waals surface area contributed by atoms with E-state index in [2.05, 4.69) is 10.3 Å². The van der Waals surface area contributed by atoms with Crippen molar-refractivity contribution in [3.8, 4) is 0 Å². The maximum Gasteiger partial charge on any atom is 0.259 e. The highest BCUT2D eigenvalue weighted by Gasteiger charge is 2.31. The molecule has 1 aliphatic heterocycles. The highest BCUT2D eigenvalue weighted by atomic mass is 19.1. The van der Waals surface area contributed by atoms with E-state index in [0.717, 1.165) is 36.4 Å². The zero-order valence-electron chi connectivity index (χ0n) is 16.3. The highest BCUT2D eigenvalue weighted by molar-refractivity contribution is 5.96. The van der Waals surface area contributed by atoms with Crippen LogP contribution in [0.3, 0.4) is 0 Å². The van der Waals surface area contributed by atoms with Gasteiger partial charge in [-0.2, -0.15) is 0 Å². The lowest BCUT2D eigenvalue weighted by Crippen LogP contribution is -2.39. The number of hydrogen-bond acceptors (Lipinski definition) is 3. The van der Waals surface area contributed by atoms with Crippen molar-refractivity contribution < 1.29 is 18.4 Å². The van der Waals surface area contributed by atoms with E-state index in [4.69, 9.17) is 0 Å². The van der Waals surface area contributed by atoms with Gasteiger partial charge < -0.3 is 10.2 Å². The summed E-state index contributed by atoms with van der Waals surface area (Å²) >= 11 is 0. The molecule has 0 radical (unpaired) electrons. The van der Waals surface area contributed by atoms with E-state index in [1.54, 1.807) is 0 Å². The number of carbonyl (C=O) groups is 2. The minimum Gasteiger partial charge on any atom is -0.349 e. The Morgan fingerprint density at radius 2 is 1.69 bits per heavy atom. The summed E-state index contributed by atoms with van der Waals surface area (Å²) in [6, 6.07) is 7.30. The van der Waals surface area contributed by atoms with Gasteiger partial charge in [-0.05, 0) is 56.9 Å². The summed E-state index contributed by atoms with van der Waals surface area (Å²) in [6.45, 7) is 2.60. The molecule has 2 aromatic rings. The third kappa shape index (κ3) is 4.13. The van der Waals surface area contributed by atoms with Gasteiger partial charge in [-0.15, -0.1) is 0 Å². The number of nitrogens with zero attached hydrogens (tertiary/aromatic N) is 2. The molecule has 152 valence electrons. The minimum absolute atomic E-state index is 0.0179. The van der Waals surface area contributed by atoms with E-state index in [-0.39, 0.29) is 17.9 Å². The number of rotatable bonds is 4. The smallest absolute Gasteiger partial charge is 0.259 e. The number of carbonyl (C=O) groups excluding carboxylic acids is 2. The molecule has 1 aliphatic carbocycles. The Balaban J connectivity index is 1.49. The topological polar surface area (TPSA) is 62.3 Å². The predicted molar refractivity (Wildman–Crippen MR) is 104 cm³/mol. The van der Waals surface area contributed by atoms with Gasteiger partial charge in [-0.1, -0.05) is 6.07 Å². The highest BCUT2D eigenvalue weighted by Crippen LogP contribution is 2.31. The Morgan fingerprint density at radius 1 is 1.03 bits per heavy atom. The molecular formula is C22H23F2N3O2. The molecule has 0 atom stereocenters. The van der Waals surface area contributed by atoms with Gasteiger partial charge in [0, 0.05) is 30.7 Å². The van der Waals surface area contributed by atoms with E-state index in [1.165, 1.54) is 11.0 Å². The van der Waals surface area contributed by atoms with Crippen molar-refractivity contribution >= 4 is 11.8 Å². The molecule has 2 aliphatic rings. The molecule has 1 saturated heterocycles. The number of aromatic nitrogens is 1. The second-order valence-electron chi connectivity index (χ2n) is 7.80. The van der Waals surface area contributed by atoms with Gasteiger partial charge in [0.25, 0.3) is 11.8 Å². The van der Waals surface area contributed by atoms with Crippen LogP contribution in [0.25, 0.3) is 0 Å². The number of benzene rings is 1. The van der Waals surface area contributed by atoms with Gasteiger partial charge in [0.15, 0.2) is 0 Å². The lowest BCUT2D eigenvalue weighted by Gasteiger charge is -2.32. The summed E-state index contributed by atoms with van der Waals surface area (Å²) in [5, 5.41) is 3.00. The number of aryl methyl sites for hydroxylation is 1. The van der Waals surface area contributed by atoms with Crippen LogP contribution in [0, 0.1) is 18.6 Å². The maximum absolute atomic E-state index is 14.0. The van der Waals surface area contributed by atoms with Gasteiger partial charge in [-0.3, -0.25) is 14.6 Å². The molecule has 5 nitrogen and oxygen atoms in total. The van der Waals surface area contributed by atoms with Gasteiger partial charge in [0.05, 0.1) is 11.3 Å². The Hall–Kier alpha value is -2.83. The molecule has 4 rings (SSSR count). The van der Waals surface area contributed by atoms with Crippen LogP contribution in [-0.4, -0.2) is 40.8 Å². The van der Waals surface area contributed by atoms with Gasteiger partial charge in [0.2, 0.25) is 0 Å². The fraction of sp³-hybridized carbons (Fsp3) is 0.409. The number of likely N-dealkylation sites (tertiary alicyclic amines) is 1. The Labute approximate surface area is 168 Å². The zero-order chi connectivity index (χ0) is 20.5. The lowest BCUT2D eigenvalue weighted by atomic mass is 9.89. The molecule has 1 saturated carbocycles. The first-order chi connectivity index (χ1) is 13.9. The summed E-state index contributed by atoms with van der Waals surface area (Å²) in [6.07, 6.45) is 3.19. The minimum atomic E-state index is -0.850. The molecule has 2 fully saturated rings. The summed E-state index contributed by atoms with van der Waals surface area (Å²) in [5.41, 5.74) is 1.64. The second-order valence-corrected chi connectivity index (χ2v) is 7.80. The van der Waals surface area contributed by atoms with Crippen molar-refractivity contribution in [3.05, 3.63) is 64.5 Å². The third-order valence-corrected chi connectivity index (χ3v) is 5.57. The molecule has 7 heteroatoms. The van der Waals surface area contributed by atoms with Crippen LogP contribution in [0.5, 0.6) is 0 Å². The van der Waals surface area contributed by atoms with E-state index in [9.17, 15) is 18.4 Å². The van der Waals surface area contributed by atoms with Crippen LogP contribution in [0.1, 0.15) is 63.7 Å². The van der Waals surface area contributed by atoms with Crippen LogP contribution >= 0.6 is 0 Å². The molecule has 1 N–H and O–H groups in total. The summed E-state index contributed by atoms with van der Waals surface area (Å²) in [4.78, 5) is 31.3. The normalized spacial score (nSPS) is 17.3. The molecule has 1 aromatic carbocycles. The molecule has 1 aromatic heterocycles. The van der Waals surface area contributed by atoms with Crippen molar-refractivity contribution in [3.63, 3.8) is 0 Å². The largest absolute Gasteiger partial charge is 0.349 e. The van der Waals surface area contributed by atoms with Crippen LogP contribution in [0.15, 0.2) is 30.3 Å². The van der Waals surface area contributed by atoms with Crippen molar-refractivity contribution in [2.75, 3.05) is 13.1 Å². The third-order valence-electron chi connectivity index (χ3n) is 5.57. The summed E-state index contributed by atoms with van der Waals surface area (Å²) < 4.78 is 27.9. The van der Waals surface area contributed by atoms with Crippen molar-refractivity contribution in [1.82, 2.24) is 15.2 Å². The Morgan fingerprint density at radius 3 is 2.31 bits per heavy atom. The van der Waals surface area contributed by atoms with E-state index in [1.807, 2.05) is 19.1 Å². The summed E-state index contributed by atoms with van der Waals surface area (Å²) in [7, 11) is 0. The number of piperidine rings is 1. The fourth-order valence-corrected chi connectivity index (χ4v) is 3.79. The van der Waals surface area contributed by atoms with E-state index >= 15 is 0 Å². The van der Waals surface area contributed by atoms with Gasteiger partial charge >= 0.3 is 0 Å². The van der Waals surface area contributed by atoms with Crippen molar-refractivity contribution in [2.24, 2.45) is 0 Å². The van der Waals surface area contributed by atoms with Crippen LogP contribution in [0.2, 0.25) is 0 Å². The SMILES string of the molecule is Cc1ccc(C(=O)NC2CC2)c(C2CCN(C(=O)c3c(F)cccc3F)CC2)n1. The predicted octanol–water partition coefficient (Wildman–Crippen LogP) is 3.58. The lowest BCUT2D eigenvalue weighted by molar-refractivity contribution is 0.0700. The molecule has 2 amide bonds.